The summed E-state index contributed by atoms with van der Waals surface area (Å²) in [4.78, 5) is 10.1. The molecule has 0 amide bonds. The molecule has 1 aromatic carbocycles. The molecule has 0 aliphatic carbocycles. The summed E-state index contributed by atoms with van der Waals surface area (Å²) in [5, 5.41) is 10.7. The maximum Gasteiger partial charge on any atom is 0.315 e. The summed E-state index contributed by atoms with van der Waals surface area (Å²) in [5.74, 6) is 0.163. The fourth-order valence-electron chi connectivity index (χ4n) is 1.40. The summed E-state index contributed by atoms with van der Waals surface area (Å²) in [6, 6.07) is 4.20. The molecule has 1 aromatic rings. The highest BCUT2D eigenvalue weighted by atomic mass is 32.2. The topological polar surface area (TPSA) is 105 Å². The summed E-state index contributed by atoms with van der Waals surface area (Å²) < 4.78 is 36.4. The van der Waals surface area contributed by atoms with E-state index in [4.69, 9.17) is 9.47 Å². The molecule has 0 bridgehead atoms. The zero-order chi connectivity index (χ0) is 13.3. The summed E-state index contributed by atoms with van der Waals surface area (Å²) in [6.45, 7) is -0.370. The summed E-state index contributed by atoms with van der Waals surface area (Å²) in [5.41, 5.74) is -0.241. The molecule has 8 nitrogen and oxygen atoms in total. The van der Waals surface area contributed by atoms with E-state index in [2.05, 4.69) is 4.18 Å². The molecular weight excluding hydrogens is 266 g/mol. The highest BCUT2D eigenvalue weighted by molar-refractivity contribution is 7.85. The molecule has 0 saturated carbocycles. The van der Waals surface area contributed by atoms with Gasteiger partial charge < -0.3 is 9.47 Å². The number of rotatable bonds is 4. The van der Waals surface area contributed by atoms with Crippen molar-refractivity contribution in [3.8, 4) is 11.5 Å². The molecule has 0 saturated heterocycles. The van der Waals surface area contributed by atoms with E-state index in [1.54, 1.807) is 0 Å². The molecule has 1 aliphatic heterocycles. The average molecular weight is 275 g/mol. The monoisotopic (exact) mass is 275 g/mol. The second-order valence-electron chi connectivity index (χ2n) is 3.52. The van der Waals surface area contributed by atoms with Crippen LogP contribution >= 0.6 is 0 Å². The molecule has 98 valence electrons. The third kappa shape index (κ3) is 2.68. The van der Waals surface area contributed by atoms with Crippen LogP contribution in [-0.4, -0.2) is 32.5 Å². The van der Waals surface area contributed by atoms with Crippen molar-refractivity contribution in [1.29, 1.82) is 0 Å². The molecule has 0 aromatic heterocycles. The van der Waals surface area contributed by atoms with E-state index < -0.39 is 21.3 Å². The molecule has 1 aliphatic rings. The van der Waals surface area contributed by atoms with Crippen LogP contribution in [0.25, 0.3) is 0 Å². The van der Waals surface area contributed by atoms with Crippen LogP contribution in [0.5, 0.6) is 11.5 Å². The van der Waals surface area contributed by atoms with Crippen molar-refractivity contribution >= 4 is 15.8 Å². The minimum absolute atomic E-state index is 0.0235. The van der Waals surface area contributed by atoms with E-state index in [-0.39, 0.29) is 23.8 Å². The summed E-state index contributed by atoms with van der Waals surface area (Å²) in [6.07, 6.45) is -0.131. The Morgan fingerprint density at radius 3 is 2.78 bits per heavy atom. The van der Waals surface area contributed by atoms with Crippen LogP contribution in [0.1, 0.15) is 0 Å². The highest BCUT2D eigenvalue weighted by Gasteiger charge is 2.32. The molecular formula is C9H9NO7S. The van der Waals surface area contributed by atoms with Crippen LogP contribution in [0.15, 0.2) is 18.2 Å². The lowest BCUT2D eigenvalue weighted by atomic mass is 10.3. The number of benzene rings is 1. The van der Waals surface area contributed by atoms with Crippen molar-refractivity contribution < 1.29 is 27.0 Å². The molecule has 18 heavy (non-hydrogen) atoms. The smallest absolute Gasteiger partial charge is 0.315 e. The maximum atomic E-state index is 10.8. The van der Waals surface area contributed by atoms with Gasteiger partial charge in [0, 0.05) is 6.07 Å². The Kier molecular flexibility index (Phi) is 3.09. The second-order valence-corrected chi connectivity index (χ2v) is 5.16. The maximum absolute atomic E-state index is 10.8. The predicted molar refractivity (Wildman–Crippen MR) is 58.9 cm³/mol. The van der Waals surface area contributed by atoms with Crippen molar-refractivity contribution in [2.45, 2.75) is 6.29 Å². The second kappa shape index (κ2) is 4.42. The van der Waals surface area contributed by atoms with Gasteiger partial charge in [0.25, 0.3) is 16.4 Å². The van der Waals surface area contributed by atoms with E-state index in [1.165, 1.54) is 18.2 Å². The molecule has 0 N–H and O–H groups in total. The van der Waals surface area contributed by atoms with Crippen molar-refractivity contribution in [1.82, 2.24) is 0 Å². The number of ether oxygens (including phenoxy) is 2. The lowest BCUT2D eigenvalue weighted by Gasteiger charge is -2.08. The quantitative estimate of drug-likeness (QED) is 0.451. The summed E-state index contributed by atoms with van der Waals surface area (Å²) >= 11 is 0. The first kappa shape index (κ1) is 12.6. The Morgan fingerprint density at radius 1 is 1.44 bits per heavy atom. The first-order valence-electron chi connectivity index (χ1n) is 4.82. The number of hydrogen-bond donors (Lipinski definition) is 0. The largest absolute Gasteiger partial charge is 0.448 e. The van der Waals surface area contributed by atoms with Crippen LogP contribution in [0.4, 0.5) is 5.69 Å². The third-order valence-corrected chi connectivity index (χ3v) is 2.64. The van der Waals surface area contributed by atoms with Crippen LogP contribution in [0, 0.1) is 10.1 Å². The molecule has 0 spiro atoms. The van der Waals surface area contributed by atoms with Gasteiger partial charge in [0.15, 0.2) is 5.75 Å². The van der Waals surface area contributed by atoms with Gasteiger partial charge in [-0.3, -0.25) is 14.3 Å². The third-order valence-electron chi connectivity index (χ3n) is 2.08. The zero-order valence-electron chi connectivity index (χ0n) is 9.23. The van der Waals surface area contributed by atoms with Gasteiger partial charge >= 0.3 is 5.69 Å². The number of nitrogens with zero attached hydrogens (tertiary/aromatic N) is 1. The Balaban J connectivity index is 2.13. The van der Waals surface area contributed by atoms with Crippen LogP contribution < -0.4 is 9.47 Å². The fraction of sp³-hybridized carbons (Fsp3) is 0.333. The molecule has 0 radical (unpaired) electrons. The number of para-hydroxylation sites is 1. The highest BCUT2D eigenvalue weighted by Crippen LogP contribution is 2.42. The first-order chi connectivity index (χ1) is 8.37. The van der Waals surface area contributed by atoms with Gasteiger partial charge in [0.05, 0.1) is 11.2 Å². The molecule has 9 heteroatoms. The molecule has 2 rings (SSSR count). The molecule has 1 unspecified atom stereocenters. The predicted octanol–water partition coefficient (Wildman–Crippen LogP) is 0.668. The van der Waals surface area contributed by atoms with Gasteiger partial charge in [-0.25, -0.2) is 0 Å². The van der Waals surface area contributed by atoms with Gasteiger partial charge in [-0.2, -0.15) is 8.42 Å². The van der Waals surface area contributed by atoms with E-state index >= 15 is 0 Å². The Hall–Kier alpha value is -1.87. The average Bonchev–Trinajstić information content (AvgIpc) is 2.67. The lowest BCUT2D eigenvalue weighted by Crippen LogP contribution is -2.26. The van der Waals surface area contributed by atoms with Gasteiger partial charge in [0.2, 0.25) is 5.75 Å². The molecule has 1 atom stereocenters. The van der Waals surface area contributed by atoms with E-state index in [9.17, 15) is 18.5 Å². The minimum Gasteiger partial charge on any atom is -0.448 e. The van der Waals surface area contributed by atoms with Gasteiger partial charge in [-0.05, 0) is 6.07 Å². The van der Waals surface area contributed by atoms with Crippen molar-refractivity contribution in [3.05, 3.63) is 28.3 Å². The van der Waals surface area contributed by atoms with E-state index in [1.807, 2.05) is 0 Å². The molecule has 1 heterocycles. The lowest BCUT2D eigenvalue weighted by molar-refractivity contribution is -0.385. The van der Waals surface area contributed by atoms with E-state index in [0.717, 1.165) is 6.26 Å². The van der Waals surface area contributed by atoms with E-state index in [0.29, 0.717) is 0 Å². The van der Waals surface area contributed by atoms with Crippen molar-refractivity contribution in [3.63, 3.8) is 0 Å². The normalized spacial score (nSPS) is 17.7. The van der Waals surface area contributed by atoms with Crippen LogP contribution in [-0.2, 0) is 14.3 Å². The van der Waals surface area contributed by atoms with Gasteiger partial charge in [-0.15, -0.1) is 0 Å². The zero-order valence-corrected chi connectivity index (χ0v) is 10.0. The standard InChI is InChI=1S/C9H9NO7S/c1-18(13,14)15-5-8-16-7-4-2-3-6(10(11)12)9(7)17-8/h2-4,8H,5H2,1H3. The van der Waals surface area contributed by atoms with Gasteiger partial charge in [-0.1, -0.05) is 6.07 Å². The van der Waals surface area contributed by atoms with Crippen LogP contribution in [0.2, 0.25) is 0 Å². The summed E-state index contributed by atoms with van der Waals surface area (Å²) in [7, 11) is -3.62. The van der Waals surface area contributed by atoms with Crippen molar-refractivity contribution in [2.24, 2.45) is 0 Å². The fourth-order valence-corrected chi connectivity index (χ4v) is 1.76. The first-order valence-corrected chi connectivity index (χ1v) is 6.63. The minimum atomic E-state index is -3.62. The number of nitro benzene ring substituents is 1. The molecule has 0 fully saturated rings. The van der Waals surface area contributed by atoms with Crippen molar-refractivity contribution in [2.75, 3.05) is 12.9 Å². The Morgan fingerprint density at radius 2 is 2.17 bits per heavy atom. The number of fused-ring (bicyclic) bond motifs is 1. The SMILES string of the molecule is CS(=O)(=O)OCC1Oc2cccc([N+](=O)[O-])c2O1. The van der Waals surface area contributed by atoms with Gasteiger partial charge in [0.1, 0.15) is 6.61 Å². The number of nitro groups is 1. The number of hydrogen-bond acceptors (Lipinski definition) is 7. The Bertz CT molecular complexity index is 583. The Labute approximate surface area is 102 Å². The van der Waals surface area contributed by atoms with Crippen LogP contribution in [0.3, 0.4) is 0 Å².